The van der Waals surface area contributed by atoms with Gasteiger partial charge in [0.2, 0.25) is 5.91 Å². The molecule has 1 aliphatic carbocycles. The number of benzene rings is 1. The van der Waals surface area contributed by atoms with E-state index in [0.717, 1.165) is 47.2 Å². The molecule has 1 aromatic carbocycles. The van der Waals surface area contributed by atoms with Gasteiger partial charge < -0.3 is 19.5 Å². The van der Waals surface area contributed by atoms with Crippen LogP contribution in [-0.4, -0.2) is 64.7 Å². The molecule has 1 aliphatic heterocycles. The van der Waals surface area contributed by atoms with Gasteiger partial charge in [0.1, 0.15) is 18.3 Å². The first-order chi connectivity index (χ1) is 15.7. The van der Waals surface area contributed by atoms with Crippen LogP contribution >= 0.6 is 0 Å². The number of morpholine rings is 1. The summed E-state index contributed by atoms with van der Waals surface area (Å²) in [6.07, 6.45) is 2.68. The van der Waals surface area contributed by atoms with Gasteiger partial charge in [0.15, 0.2) is 0 Å². The predicted molar refractivity (Wildman–Crippen MR) is 127 cm³/mol. The number of hydrogen-bond donors (Lipinski definition) is 2. The lowest BCUT2D eigenvalue weighted by atomic mass is 9.76. The molecule has 1 unspecified atom stereocenters. The number of H-pyrrole nitrogens is 2. The molecule has 0 radical (unpaired) electrons. The number of carbonyl (C=O) groups is 2. The lowest BCUT2D eigenvalue weighted by molar-refractivity contribution is -0.153. The number of ether oxygens (including phenoxy) is 1. The Bertz CT molecular complexity index is 1220. The van der Waals surface area contributed by atoms with Gasteiger partial charge in [-0.25, -0.2) is 0 Å². The zero-order valence-electron chi connectivity index (χ0n) is 19.7. The maximum atomic E-state index is 12.9. The van der Waals surface area contributed by atoms with Gasteiger partial charge >= 0.3 is 0 Å². The Hall–Kier alpha value is -3.13. The number of fused-ring (bicyclic) bond motifs is 2. The van der Waals surface area contributed by atoms with E-state index in [9.17, 15) is 9.59 Å². The van der Waals surface area contributed by atoms with Crippen molar-refractivity contribution in [2.24, 2.45) is 5.41 Å². The van der Waals surface area contributed by atoms with E-state index >= 15 is 0 Å². The second-order valence-electron chi connectivity index (χ2n) is 10.1. The fourth-order valence-electron chi connectivity index (χ4n) is 4.87. The summed E-state index contributed by atoms with van der Waals surface area (Å²) >= 11 is 0. The fraction of sp³-hybridized carbons (Fsp3) is 0.480. The van der Waals surface area contributed by atoms with Crippen LogP contribution in [0.15, 0.2) is 24.3 Å². The van der Waals surface area contributed by atoms with E-state index in [1.54, 1.807) is 23.8 Å². The summed E-state index contributed by atoms with van der Waals surface area (Å²) in [7, 11) is 1.74. The van der Waals surface area contributed by atoms with E-state index in [1.165, 1.54) is 11.3 Å². The number of aromatic nitrogens is 3. The van der Waals surface area contributed by atoms with E-state index < -0.39 is 6.10 Å². The van der Waals surface area contributed by atoms with Crippen LogP contribution in [0.5, 0.6) is 0 Å². The standard InChI is InChI=1S/C25H31N5O3/c1-15-24(32)30(9-10-33-15)14-22(31)29(4)17-6-5-16-11-20(26-19(16)12-17)23-18-7-8-25(2,3)13-21(18)27-28-23/h5-6,11-12,15,26H,7-10,13-14H2,1-4H3,(H,27,28). The summed E-state index contributed by atoms with van der Waals surface area (Å²) in [4.78, 5) is 31.8. The second-order valence-corrected chi connectivity index (χ2v) is 10.1. The van der Waals surface area contributed by atoms with Crippen LogP contribution in [0.1, 0.15) is 38.4 Å². The maximum Gasteiger partial charge on any atom is 0.251 e. The molecule has 0 saturated carbocycles. The molecule has 33 heavy (non-hydrogen) atoms. The maximum absolute atomic E-state index is 12.9. The average molecular weight is 450 g/mol. The summed E-state index contributed by atoms with van der Waals surface area (Å²) in [5.41, 5.74) is 6.54. The second kappa shape index (κ2) is 8.02. The first-order valence-electron chi connectivity index (χ1n) is 11.6. The SMILES string of the molecule is CC1OCCN(CC(=O)N(C)c2ccc3cc(-c4n[nH]c5c4CCC(C)(C)C5)[nH]c3c2)C1=O. The quantitative estimate of drug-likeness (QED) is 0.639. The number of likely N-dealkylation sites (N-methyl/N-ethyl adjacent to an activating group) is 1. The number of carbonyl (C=O) groups excluding carboxylic acids is 2. The monoisotopic (exact) mass is 449 g/mol. The molecule has 1 atom stereocenters. The molecule has 5 rings (SSSR count). The molecule has 1 saturated heterocycles. The van der Waals surface area contributed by atoms with Gasteiger partial charge in [0.05, 0.1) is 12.3 Å². The highest BCUT2D eigenvalue weighted by Crippen LogP contribution is 2.38. The molecule has 3 heterocycles. The highest BCUT2D eigenvalue weighted by Gasteiger charge is 2.30. The van der Waals surface area contributed by atoms with Crippen molar-refractivity contribution in [3.05, 3.63) is 35.5 Å². The van der Waals surface area contributed by atoms with E-state index in [-0.39, 0.29) is 18.4 Å². The average Bonchev–Trinajstić information content (AvgIpc) is 3.38. The predicted octanol–water partition coefficient (Wildman–Crippen LogP) is 3.28. The number of amides is 2. The van der Waals surface area contributed by atoms with Gasteiger partial charge in [0, 0.05) is 41.4 Å². The lowest BCUT2D eigenvalue weighted by Gasteiger charge is -2.31. The van der Waals surface area contributed by atoms with Gasteiger partial charge in [-0.2, -0.15) is 5.10 Å². The third-order valence-electron chi connectivity index (χ3n) is 7.00. The fourth-order valence-corrected chi connectivity index (χ4v) is 4.87. The van der Waals surface area contributed by atoms with Crippen molar-refractivity contribution in [1.82, 2.24) is 20.1 Å². The molecule has 2 aromatic heterocycles. The minimum atomic E-state index is -0.496. The molecule has 1 fully saturated rings. The van der Waals surface area contributed by atoms with Crippen LogP contribution in [0.2, 0.25) is 0 Å². The van der Waals surface area contributed by atoms with Crippen LogP contribution in [0.4, 0.5) is 5.69 Å². The van der Waals surface area contributed by atoms with E-state index in [2.05, 4.69) is 35.1 Å². The highest BCUT2D eigenvalue weighted by atomic mass is 16.5. The molecule has 8 heteroatoms. The first-order valence-corrected chi connectivity index (χ1v) is 11.6. The molecule has 0 spiro atoms. The summed E-state index contributed by atoms with van der Waals surface area (Å²) in [5, 5.41) is 8.94. The summed E-state index contributed by atoms with van der Waals surface area (Å²) in [6, 6.07) is 8.04. The van der Waals surface area contributed by atoms with Crippen molar-refractivity contribution < 1.29 is 14.3 Å². The van der Waals surface area contributed by atoms with E-state index in [0.29, 0.717) is 18.6 Å². The summed E-state index contributed by atoms with van der Waals surface area (Å²) in [6.45, 7) is 7.26. The minimum Gasteiger partial charge on any atom is -0.367 e. The van der Waals surface area contributed by atoms with Crippen LogP contribution in [0.3, 0.4) is 0 Å². The largest absolute Gasteiger partial charge is 0.367 e. The topological polar surface area (TPSA) is 94.3 Å². The molecule has 2 amide bonds. The van der Waals surface area contributed by atoms with Gasteiger partial charge in [-0.15, -0.1) is 0 Å². The third kappa shape index (κ3) is 4.04. The Morgan fingerprint density at radius 2 is 2.15 bits per heavy atom. The van der Waals surface area contributed by atoms with Crippen LogP contribution in [0, 0.1) is 5.41 Å². The zero-order valence-corrected chi connectivity index (χ0v) is 19.7. The van der Waals surface area contributed by atoms with Gasteiger partial charge in [-0.1, -0.05) is 19.9 Å². The molecular formula is C25H31N5O3. The first kappa shape index (κ1) is 21.7. The Balaban J connectivity index is 1.36. The molecule has 2 N–H and O–H groups in total. The van der Waals surface area contributed by atoms with Crippen molar-refractivity contribution in [2.75, 3.05) is 31.6 Å². The molecule has 174 valence electrons. The van der Waals surface area contributed by atoms with Gasteiger partial charge in [-0.3, -0.25) is 14.7 Å². The molecule has 3 aromatic rings. The Morgan fingerprint density at radius 1 is 1.33 bits per heavy atom. The minimum absolute atomic E-state index is 0.0484. The molecular weight excluding hydrogens is 418 g/mol. The number of rotatable bonds is 4. The number of anilines is 1. The van der Waals surface area contributed by atoms with Crippen molar-refractivity contribution in [3.8, 4) is 11.4 Å². The lowest BCUT2D eigenvalue weighted by Crippen LogP contribution is -2.50. The number of hydrogen-bond acceptors (Lipinski definition) is 4. The Morgan fingerprint density at radius 3 is 2.97 bits per heavy atom. The smallest absolute Gasteiger partial charge is 0.251 e. The van der Waals surface area contributed by atoms with Crippen LogP contribution in [-0.2, 0) is 27.2 Å². The number of aromatic amines is 2. The summed E-state index contributed by atoms with van der Waals surface area (Å²) < 4.78 is 5.35. The summed E-state index contributed by atoms with van der Waals surface area (Å²) in [5.74, 6) is -0.272. The highest BCUT2D eigenvalue weighted by molar-refractivity contribution is 5.99. The van der Waals surface area contributed by atoms with Gasteiger partial charge in [0.25, 0.3) is 5.91 Å². The van der Waals surface area contributed by atoms with Gasteiger partial charge in [-0.05, 0) is 49.8 Å². The van der Waals surface area contributed by atoms with E-state index in [1.807, 2.05) is 18.2 Å². The van der Waals surface area contributed by atoms with Crippen molar-refractivity contribution >= 4 is 28.4 Å². The third-order valence-corrected chi connectivity index (χ3v) is 7.00. The van der Waals surface area contributed by atoms with Crippen LogP contribution in [0.25, 0.3) is 22.3 Å². The van der Waals surface area contributed by atoms with E-state index in [4.69, 9.17) is 4.74 Å². The zero-order chi connectivity index (χ0) is 23.3. The molecule has 2 aliphatic rings. The Kier molecular flexibility index (Phi) is 5.28. The molecule has 0 bridgehead atoms. The van der Waals surface area contributed by atoms with Crippen molar-refractivity contribution in [3.63, 3.8) is 0 Å². The Labute approximate surface area is 193 Å². The van der Waals surface area contributed by atoms with Crippen LogP contribution < -0.4 is 4.90 Å². The van der Waals surface area contributed by atoms with Crippen molar-refractivity contribution in [1.29, 1.82) is 0 Å². The molecule has 8 nitrogen and oxygen atoms in total. The normalized spacial score (nSPS) is 20.2. The number of nitrogens with zero attached hydrogens (tertiary/aromatic N) is 3. The van der Waals surface area contributed by atoms with Crippen molar-refractivity contribution in [2.45, 2.75) is 46.1 Å². The number of nitrogens with one attached hydrogen (secondary N) is 2.